The molecule has 1 N–H and O–H groups in total. The Labute approximate surface area is 121 Å². The molecule has 0 radical (unpaired) electrons. The van der Waals surface area contributed by atoms with E-state index in [1.165, 1.54) is 12.8 Å². The summed E-state index contributed by atoms with van der Waals surface area (Å²) in [5, 5.41) is 3.32. The highest BCUT2D eigenvalue weighted by Crippen LogP contribution is 2.20. The van der Waals surface area contributed by atoms with Crippen LogP contribution in [0.4, 0.5) is 0 Å². The van der Waals surface area contributed by atoms with E-state index >= 15 is 0 Å². The average molecular weight is 281 g/mol. The third-order valence-corrected chi connectivity index (χ3v) is 5.00. The maximum atomic E-state index is 12.5. The van der Waals surface area contributed by atoms with Gasteiger partial charge in [-0.2, -0.15) is 0 Å². The number of amides is 1. The zero-order valence-electron chi connectivity index (χ0n) is 12.5. The number of hydrogen-bond donors (Lipinski definition) is 1. The van der Waals surface area contributed by atoms with E-state index in [4.69, 9.17) is 4.74 Å². The number of piperazine rings is 1. The first-order valence-electron chi connectivity index (χ1n) is 8.07. The van der Waals surface area contributed by atoms with Crippen molar-refractivity contribution >= 4 is 5.91 Å². The molecule has 3 atom stereocenters. The number of rotatable bonds is 3. The Morgan fingerprint density at radius 2 is 2.05 bits per heavy atom. The molecule has 5 nitrogen and oxygen atoms in total. The summed E-state index contributed by atoms with van der Waals surface area (Å²) >= 11 is 0. The molecule has 114 valence electrons. The van der Waals surface area contributed by atoms with Crippen LogP contribution in [0.15, 0.2) is 0 Å². The molecular formula is C15H27N3O2. The van der Waals surface area contributed by atoms with Gasteiger partial charge in [0.15, 0.2) is 0 Å². The second-order valence-electron chi connectivity index (χ2n) is 6.50. The number of ether oxygens (including phenoxy) is 1. The monoisotopic (exact) mass is 281 g/mol. The lowest BCUT2D eigenvalue weighted by Crippen LogP contribution is -2.52. The number of carbonyl (C=O) groups is 1. The van der Waals surface area contributed by atoms with Crippen molar-refractivity contribution in [1.82, 2.24) is 15.1 Å². The number of nitrogens with one attached hydrogen (secondary N) is 1. The predicted molar refractivity (Wildman–Crippen MR) is 77.5 cm³/mol. The molecular weight excluding hydrogens is 254 g/mol. The number of nitrogens with zero attached hydrogens (tertiary/aromatic N) is 2. The summed E-state index contributed by atoms with van der Waals surface area (Å²) in [6.07, 6.45) is 2.83. The van der Waals surface area contributed by atoms with E-state index in [9.17, 15) is 4.79 Å². The van der Waals surface area contributed by atoms with Crippen LogP contribution in [0.1, 0.15) is 19.8 Å². The molecule has 0 bridgehead atoms. The second-order valence-corrected chi connectivity index (χ2v) is 6.50. The van der Waals surface area contributed by atoms with E-state index in [-0.39, 0.29) is 5.92 Å². The van der Waals surface area contributed by atoms with E-state index in [2.05, 4.69) is 22.0 Å². The van der Waals surface area contributed by atoms with E-state index in [0.29, 0.717) is 17.9 Å². The minimum Gasteiger partial charge on any atom is -0.377 e. The Kier molecular flexibility index (Phi) is 4.58. The van der Waals surface area contributed by atoms with Crippen molar-refractivity contribution in [3.05, 3.63) is 0 Å². The minimum atomic E-state index is 0.194. The highest BCUT2D eigenvalue weighted by Gasteiger charge is 2.34. The molecule has 3 rings (SSSR count). The maximum absolute atomic E-state index is 12.5. The summed E-state index contributed by atoms with van der Waals surface area (Å²) in [5.41, 5.74) is 0. The standard InChI is InChI=1S/C15H27N3O2/c1-12-9-16-10-14(12)15(19)18-6-4-17(5-7-18)11-13-3-2-8-20-13/h12-14,16H,2-11H2,1H3/t12-,13?,14-/m1/s1. The first-order valence-corrected chi connectivity index (χ1v) is 8.07. The molecule has 0 aliphatic carbocycles. The van der Waals surface area contributed by atoms with Gasteiger partial charge in [-0.05, 0) is 25.3 Å². The van der Waals surface area contributed by atoms with Gasteiger partial charge >= 0.3 is 0 Å². The number of carbonyl (C=O) groups excluding carboxylic acids is 1. The first-order chi connectivity index (χ1) is 9.74. The van der Waals surface area contributed by atoms with Crippen LogP contribution in [0.5, 0.6) is 0 Å². The van der Waals surface area contributed by atoms with Gasteiger partial charge in [0.2, 0.25) is 5.91 Å². The topological polar surface area (TPSA) is 44.8 Å². The highest BCUT2D eigenvalue weighted by molar-refractivity contribution is 5.79. The zero-order chi connectivity index (χ0) is 13.9. The van der Waals surface area contributed by atoms with Gasteiger partial charge in [-0.3, -0.25) is 9.69 Å². The fraction of sp³-hybridized carbons (Fsp3) is 0.933. The Morgan fingerprint density at radius 1 is 1.25 bits per heavy atom. The molecule has 0 spiro atoms. The van der Waals surface area contributed by atoms with E-state index in [0.717, 1.165) is 52.4 Å². The molecule has 0 aromatic heterocycles. The van der Waals surface area contributed by atoms with Gasteiger partial charge in [-0.1, -0.05) is 6.92 Å². The molecule has 0 aromatic rings. The van der Waals surface area contributed by atoms with Crippen molar-refractivity contribution in [3.8, 4) is 0 Å². The molecule has 3 aliphatic heterocycles. The largest absolute Gasteiger partial charge is 0.377 e. The molecule has 3 saturated heterocycles. The smallest absolute Gasteiger partial charge is 0.227 e. The minimum absolute atomic E-state index is 0.194. The second kappa shape index (κ2) is 6.41. The third-order valence-electron chi connectivity index (χ3n) is 5.00. The summed E-state index contributed by atoms with van der Waals surface area (Å²) in [6, 6.07) is 0. The third kappa shape index (κ3) is 3.15. The van der Waals surface area contributed by atoms with Crippen LogP contribution >= 0.6 is 0 Å². The van der Waals surface area contributed by atoms with Gasteiger partial charge in [0, 0.05) is 45.9 Å². The van der Waals surface area contributed by atoms with Crippen molar-refractivity contribution in [2.75, 3.05) is 52.4 Å². The molecule has 5 heteroatoms. The lowest BCUT2D eigenvalue weighted by atomic mass is 9.96. The Hall–Kier alpha value is -0.650. The summed E-state index contributed by atoms with van der Waals surface area (Å²) in [6.45, 7) is 9.75. The fourth-order valence-electron chi connectivity index (χ4n) is 3.60. The SMILES string of the molecule is C[C@@H]1CNC[C@H]1C(=O)N1CCN(CC2CCCO2)CC1. The zero-order valence-corrected chi connectivity index (χ0v) is 12.5. The predicted octanol–water partition coefficient (Wildman–Crippen LogP) is 0.165. The van der Waals surface area contributed by atoms with Crippen LogP contribution in [-0.4, -0.2) is 74.2 Å². The maximum Gasteiger partial charge on any atom is 0.227 e. The molecule has 1 amide bonds. The van der Waals surface area contributed by atoms with Crippen molar-refractivity contribution in [2.24, 2.45) is 11.8 Å². The van der Waals surface area contributed by atoms with Crippen molar-refractivity contribution < 1.29 is 9.53 Å². The lowest BCUT2D eigenvalue weighted by Gasteiger charge is -2.37. The average Bonchev–Trinajstić information content (AvgIpc) is 3.10. The van der Waals surface area contributed by atoms with Gasteiger partial charge < -0.3 is 15.0 Å². The van der Waals surface area contributed by atoms with Crippen LogP contribution in [0.3, 0.4) is 0 Å². The van der Waals surface area contributed by atoms with Crippen LogP contribution in [0.2, 0.25) is 0 Å². The van der Waals surface area contributed by atoms with Crippen LogP contribution in [0.25, 0.3) is 0 Å². The molecule has 3 fully saturated rings. The van der Waals surface area contributed by atoms with Gasteiger partial charge in [-0.25, -0.2) is 0 Å². The number of hydrogen-bond acceptors (Lipinski definition) is 4. The molecule has 0 aromatic carbocycles. The molecule has 1 unspecified atom stereocenters. The van der Waals surface area contributed by atoms with Gasteiger partial charge in [0.25, 0.3) is 0 Å². The van der Waals surface area contributed by atoms with Gasteiger partial charge in [0.1, 0.15) is 0 Å². The van der Waals surface area contributed by atoms with E-state index in [1.807, 2.05) is 0 Å². The fourth-order valence-corrected chi connectivity index (χ4v) is 3.60. The van der Waals surface area contributed by atoms with Gasteiger partial charge in [-0.15, -0.1) is 0 Å². The van der Waals surface area contributed by atoms with Crippen molar-refractivity contribution in [3.63, 3.8) is 0 Å². The Morgan fingerprint density at radius 3 is 2.65 bits per heavy atom. The quantitative estimate of drug-likeness (QED) is 0.801. The Bertz CT molecular complexity index is 336. The highest BCUT2D eigenvalue weighted by atomic mass is 16.5. The molecule has 20 heavy (non-hydrogen) atoms. The van der Waals surface area contributed by atoms with Crippen molar-refractivity contribution in [2.45, 2.75) is 25.9 Å². The normalized spacial score (nSPS) is 35.6. The summed E-state index contributed by atoms with van der Waals surface area (Å²) in [5.74, 6) is 1.03. The lowest BCUT2D eigenvalue weighted by molar-refractivity contribution is -0.137. The van der Waals surface area contributed by atoms with Crippen LogP contribution < -0.4 is 5.32 Å². The van der Waals surface area contributed by atoms with Crippen LogP contribution in [0, 0.1) is 11.8 Å². The van der Waals surface area contributed by atoms with E-state index in [1.54, 1.807) is 0 Å². The summed E-state index contributed by atoms with van der Waals surface area (Å²) in [4.78, 5) is 17.0. The first kappa shape index (κ1) is 14.3. The van der Waals surface area contributed by atoms with Crippen LogP contribution in [-0.2, 0) is 9.53 Å². The van der Waals surface area contributed by atoms with E-state index < -0.39 is 0 Å². The van der Waals surface area contributed by atoms with Gasteiger partial charge in [0.05, 0.1) is 12.0 Å². The summed E-state index contributed by atoms with van der Waals surface area (Å²) < 4.78 is 5.69. The molecule has 0 saturated carbocycles. The summed E-state index contributed by atoms with van der Waals surface area (Å²) in [7, 11) is 0. The Balaban J connectivity index is 1.44. The molecule has 3 aliphatic rings. The van der Waals surface area contributed by atoms with Crippen molar-refractivity contribution in [1.29, 1.82) is 0 Å². The molecule has 3 heterocycles.